The maximum Gasteiger partial charge on any atom is 0.261 e. The molecule has 0 saturated carbocycles. The van der Waals surface area contributed by atoms with Crippen LogP contribution in [0.2, 0.25) is 10.1 Å². The topological polar surface area (TPSA) is 95.3 Å². The number of carbonyl (C=O) groups excluding carboxylic acids is 1. The molecule has 10 heteroatoms. The normalized spacial score (nSPS) is 18.6. The first-order valence-electron chi connectivity index (χ1n) is 21.5. The molecule has 7 rings (SSSR count). The lowest BCUT2D eigenvalue weighted by atomic mass is 9.84. The highest BCUT2D eigenvalue weighted by Gasteiger charge is 2.54. The van der Waals surface area contributed by atoms with Crippen LogP contribution in [-0.2, 0) is 13.6 Å². The van der Waals surface area contributed by atoms with Gasteiger partial charge in [0.15, 0.2) is 0 Å². The fourth-order valence-electron chi connectivity index (χ4n) is 9.71. The molecule has 61 heavy (non-hydrogen) atoms. The summed E-state index contributed by atoms with van der Waals surface area (Å²) in [4.78, 5) is 18.8. The summed E-state index contributed by atoms with van der Waals surface area (Å²) < 4.78 is 21.6. The van der Waals surface area contributed by atoms with Crippen molar-refractivity contribution in [3.05, 3.63) is 151 Å². The monoisotopic (exact) mass is 851 g/mol. The molecule has 5 aromatic rings. The Bertz CT molecular complexity index is 2120. The van der Waals surface area contributed by atoms with E-state index >= 15 is 0 Å². The molecule has 2 atom stereocenters. The number of aliphatic hydroxyl groups excluding tert-OH is 1. The van der Waals surface area contributed by atoms with E-state index in [-0.39, 0.29) is 28.6 Å². The molecule has 8 nitrogen and oxygen atoms in total. The van der Waals surface area contributed by atoms with Crippen LogP contribution in [0.3, 0.4) is 0 Å². The number of piperazine rings is 1. The lowest BCUT2D eigenvalue weighted by molar-refractivity contribution is -0.152. The number of ether oxygens (including phenoxy) is 1. The first-order valence-corrected chi connectivity index (χ1v) is 25.3. The summed E-state index contributed by atoms with van der Waals surface area (Å²) in [6.07, 6.45) is -1.02. The summed E-state index contributed by atoms with van der Waals surface area (Å²) >= 11 is 0. The van der Waals surface area contributed by atoms with E-state index in [0.717, 1.165) is 0 Å². The van der Waals surface area contributed by atoms with Gasteiger partial charge in [0.2, 0.25) is 5.91 Å². The van der Waals surface area contributed by atoms with Gasteiger partial charge < -0.3 is 23.6 Å². The van der Waals surface area contributed by atoms with Crippen LogP contribution >= 0.6 is 0 Å². The average Bonchev–Trinajstić information content (AvgIpc) is 3.24. The molecule has 1 saturated heterocycles. The minimum Gasteiger partial charge on any atom is -0.485 e. The molecule has 0 aliphatic carbocycles. The second-order valence-electron chi connectivity index (χ2n) is 19.1. The maximum absolute atomic E-state index is 14.7. The van der Waals surface area contributed by atoms with Crippen LogP contribution < -0.4 is 25.5 Å². The number of benzene rings is 5. The van der Waals surface area contributed by atoms with Crippen LogP contribution in [0, 0.1) is 11.3 Å². The first kappa shape index (κ1) is 44.2. The van der Waals surface area contributed by atoms with Crippen molar-refractivity contribution in [1.29, 1.82) is 5.26 Å². The number of rotatable bonds is 12. The summed E-state index contributed by atoms with van der Waals surface area (Å²) in [5.41, 5.74) is 0.139. The van der Waals surface area contributed by atoms with Crippen LogP contribution in [0.1, 0.15) is 72.6 Å². The van der Waals surface area contributed by atoms with Crippen molar-refractivity contribution < 1.29 is 23.5 Å². The molecule has 318 valence electrons. The van der Waals surface area contributed by atoms with Crippen molar-refractivity contribution in [2.24, 2.45) is 0 Å². The van der Waals surface area contributed by atoms with Gasteiger partial charge in [0.1, 0.15) is 17.5 Å². The molecule has 1 fully saturated rings. The van der Waals surface area contributed by atoms with Crippen molar-refractivity contribution >= 4 is 43.3 Å². The molecule has 1 N–H and O–H groups in total. The smallest absolute Gasteiger partial charge is 0.261 e. The van der Waals surface area contributed by atoms with Gasteiger partial charge in [0.25, 0.3) is 16.6 Å². The van der Waals surface area contributed by atoms with Gasteiger partial charge in [0, 0.05) is 18.7 Å². The van der Waals surface area contributed by atoms with E-state index in [2.05, 4.69) is 174 Å². The second kappa shape index (κ2) is 17.5. The first-order chi connectivity index (χ1) is 29.0. The Morgan fingerprint density at radius 1 is 0.721 bits per heavy atom. The number of hydrogen-bond donors (Lipinski definition) is 1. The lowest BCUT2D eigenvalue weighted by Gasteiger charge is -2.50. The number of nitriles is 1. The SMILES string of the molecule is CC1(C)Oc2ccc(C#N)cc2[C@@H](N2CCN(C(CO[Si](c3ccccc3)(c3ccccc3)C(C)(C)C)CO[Si](c3ccccc3)(c3ccccc3)C(C)(C)C)CC2=O)[C@@H]1O. The van der Waals surface area contributed by atoms with Crippen LogP contribution in [0.4, 0.5) is 0 Å². The van der Waals surface area contributed by atoms with E-state index in [1.54, 1.807) is 23.1 Å². The van der Waals surface area contributed by atoms with E-state index < -0.39 is 34.4 Å². The lowest BCUT2D eigenvalue weighted by Crippen LogP contribution is -2.69. The largest absolute Gasteiger partial charge is 0.485 e. The van der Waals surface area contributed by atoms with Crippen molar-refractivity contribution in [2.45, 2.75) is 89.3 Å². The molecule has 1 amide bonds. The van der Waals surface area contributed by atoms with Crippen LogP contribution in [0.15, 0.2) is 140 Å². The molecular formula is C51H61N3O5Si2. The average molecular weight is 852 g/mol. The second-order valence-corrected chi connectivity index (χ2v) is 27.7. The number of amides is 1. The number of aliphatic hydroxyl groups is 1. The van der Waals surface area contributed by atoms with Gasteiger partial charge in [-0.05, 0) is 62.9 Å². The zero-order valence-electron chi connectivity index (χ0n) is 37.0. The summed E-state index contributed by atoms with van der Waals surface area (Å²) in [5, 5.41) is 25.9. The Balaban J connectivity index is 1.30. The van der Waals surface area contributed by atoms with Crippen LogP contribution in [0.25, 0.3) is 0 Å². The van der Waals surface area contributed by atoms with Gasteiger partial charge in [0.05, 0.1) is 43.5 Å². The van der Waals surface area contributed by atoms with Crippen LogP contribution in [0.5, 0.6) is 5.75 Å². The predicted octanol–water partition coefficient (Wildman–Crippen LogP) is 6.80. The zero-order chi connectivity index (χ0) is 43.6. The third-order valence-electron chi connectivity index (χ3n) is 12.8. The van der Waals surface area contributed by atoms with Crippen molar-refractivity contribution in [1.82, 2.24) is 9.80 Å². The fourth-order valence-corrected chi connectivity index (χ4v) is 18.9. The van der Waals surface area contributed by atoms with Gasteiger partial charge in [-0.1, -0.05) is 163 Å². The third-order valence-corrected chi connectivity index (χ3v) is 22.8. The van der Waals surface area contributed by atoms with Gasteiger partial charge in [-0.3, -0.25) is 9.69 Å². The molecular weight excluding hydrogens is 791 g/mol. The molecule has 0 radical (unpaired) electrons. The van der Waals surface area contributed by atoms with E-state index in [1.165, 1.54) is 20.7 Å². The van der Waals surface area contributed by atoms with Crippen LogP contribution in [-0.4, -0.2) is 88.0 Å². The molecule has 5 aromatic carbocycles. The molecule has 0 bridgehead atoms. The van der Waals surface area contributed by atoms with Gasteiger partial charge in [-0.25, -0.2) is 0 Å². The zero-order valence-corrected chi connectivity index (χ0v) is 39.0. The van der Waals surface area contributed by atoms with Crippen molar-refractivity contribution in [3.63, 3.8) is 0 Å². The molecule has 2 aliphatic rings. The quantitative estimate of drug-likeness (QED) is 0.138. The maximum atomic E-state index is 14.7. The fraction of sp³-hybridized carbons (Fsp3) is 0.373. The number of nitrogens with zero attached hydrogens (tertiary/aromatic N) is 3. The van der Waals surface area contributed by atoms with E-state index in [4.69, 9.17) is 13.6 Å². The van der Waals surface area contributed by atoms with E-state index in [1.807, 2.05) is 13.8 Å². The highest BCUT2D eigenvalue weighted by atomic mass is 28.4. The Labute approximate surface area is 365 Å². The number of hydrogen-bond acceptors (Lipinski definition) is 7. The summed E-state index contributed by atoms with van der Waals surface area (Å²) in [7, 11) is -5.97. The highest BCUT2D eigenvalue weighted by Crippen LogP contribution is 2.44. The molecule has 2 heterocycles. The summed E-state index contributed by atoms with van der Waals surface area (Å²) in [6.45, 7) is 19.0. The Morgan fingerprint density at radius 3 is 1.52 bits per heavy atom. The predicted molar refractivity (Wildman–Crippen MR) is 249 cm³/mol. The summed E-state index contributed by atoms with van der Waals surface area (Å²) in [5.74, 6) is 0.465. The van der Waals surface area contributed by atoms with Gasteiger partial charge >= 0.3 is 0 Å². The summed E-state index contributed by atoms with van der Waals surface area (Å²) in [6, 6.07) is 49.1. The van der Waals surface area contributed by atoms with E-state index in [9.17, 15) is 15.2 Å². The molecule has 0 aromatic heterocycles. The third kappa shape index (κ3) is 8.40. The number of carbonyl (C=O) groups is 1. The van der Waals surface area contributed by atoms with Gasteiger partial charge in [-0.2, -0.15) is 5.26 Å². The van der Waals surface area contributed by atoms with E-state index in [0.29, 0.717) is 43.2 Å². The van der Waals surface area contributed by atoms with Crippen molar-refractivity contribution in [3.8, 4) is 11.8 Å². The molecule has 2 aliphatic heterocycles. The van der Waals surface area contributed by atoms with Crippen molar-refractivity contribution in [2.75, 3.05) is 32.8 Å². The highest BCUT2D eigenvalue weighted by molar-refractivity contribution is 7.00. The minimum atomic E-state index is -2.99. The Morgan fingerprint density at radius 2 is 1.15 bits per heavy atom. The minimum absolute atomic E-state index is 0.108. The number of fused-ring (bicyclic) bond motifs is 1. The Kier molecular flexibility index (Phi) is 12.7. The molecule has 0 spiro atoms. The Hall–Kier alpha value is -4.87. The molecule has 0 unspecified atom stereocenters. The van der Waals surface area contributed by atoms with Gasteiger partial charge in [-0.15, -0.1) is 0 Å². The standard InChI is InChI=1S/C51H61N3O5Si2/c1-49(2,3)60(40-21-13-9-14-22-40,41-23-15-10-16-24-41)57-36-39(37-58-61(50(4,5)6,42-25-17-11-18-26-42)43-27-19-12-20-28-43)53-31-32-54(46(55)35-53)47-44-33-38(34-52)29-30-45(44)59-51(7,8)48(47)56/h9-30,33,39,47-48,56H,31-32,35-37H2,1-8H3/t47-,48+/m1/s1.